The Morgan fingerprint density at radius 1 is 1.80 bits per heavy atom. The summed E-state index contributed by atoms with van der Waals surface area (Å²) in [6.45, 7) is 1.86. The largest absolute Gasteiger partial charge is 0.444 e. The van der Waals surface area contributed by atoms with Gasteiger partial charge in [0, 0.05) is 0 Å². The molecule has 1 aliphatic rings. The lowest BCUT2D eigenvalue weighted by atomic mass is 10.1. The molecule has 2 unspecified atom stereocenters. The van der Waals surface area contributed by atoms with Crippen LogP contribution in [0.5, 0.6) is 0 Å². The molecule has 1 fully saturated rings. The molecule has 0 radical (unpaired) electrons. The highest BCUT2D eigenvalue weighted by molar-refractivity contribution is 5.70. The summed E-state index contributed by atoms with van der Waals surface area (Å²) < 4.78 is 4.80. The first kappa shape index (κ1) is 7.34. The van der Waals surface area contributed by atoms with Crippen LogP contribution in [0.1, 0.15) is 13.3 Å². The van der Waals surface area contributed by atoms with Gasteiger partial charge in [-0.25, -0.2) is 4.79 Å². The van der Waals surface area contributed by atoms with Crippen molar-refractivity contribution in [3.05, 3.63) is 0 Å². The van der Waals surface area contributed by atoms with Crippen molar-refractivity contribution >= 4 is 6.09 Å². The minimum Gasteiger partial charge on any atom is -0.444 e. The van der Waals surface area contributed by atoms with E-state index in [1.807, 2.05) is 6.92 Å². The van der Waals surface area contributed by atoms with Crippen molar-refractivity contribution < 1.29 is 14.6 Å². The molecule has 0 saturated carbocycles. The molecule has 4 nitrogen and oxygen atoms in total. The zero-order valence-corrected chi connectivity index (χ0v) is 5.83. The van der Waals surface area contributed by atoms with Crippen LogP contribution in [0.25, 0.3) is 0 Å². The standard InChI is InChI=1S/C6H11NO3/c1-2-5-4(3-8)7-6(9)10-5/h4-5,8H,2-3H2,1H3,(H,7,9). The average Bonchev–Trinajstić information content (AvgIpc) is 2.30. The van der Waals surface area contributed by atoms with E-state index in [0.29, 0.717) is 0 Å². The third kappa shape index (κ3) is 1.21. The van der Waals surface area contributed by atoms with Crippen molar-refractivity contribution in [2.75, 3.05) is 6.61 Å². The molecule has 2 N–H and O–H groups in total. The van der Waals surface area contributed by atoms with Crippen molar-refractivity contribution in [2.45, 2.75) is 25.5 Å². The number of hydrogen-bond donors (Lipinski definition) is 2. The molecule has 1 aliphatic heterocycles. The van der Waals surface area contributed by atoms with E-state index >= 15 is 0 Å². The van der Waals surface area contributed by atoms with Crippen LogP contribution < -0.4 is 5.32 Å². The van der Waals surface area contributed by atoms with Crippen molar-refractivity contribution in [3.8, 4) is 0 Å². The second kappa shape index (κ2) is 2.88. The summed E-state index contributed by atoms with van der Waals surface area (Å²) in [6, 6.07) is -0.211. The van der Waals surface area contributed by atoms with Gasteiger partial charge in [0.2, 0.25) is 0 Å². The molecule has 10 heavy (non-hydrogen) atoms. The second-order valence-corrected chi connectivity index (χ2v) is 2.29. The van der Waals surface area contributed by atoms with Gasteiger partial charge in [-0.2, -0.15) is 0 Å². The molecule has 58 valence electrons. The van der Waals surface area contributed by atoms with Gasteiger partial charge in [0.1, 0.15) is 6.10 Å². The molecular weight excluding hydrogens is 134 g/mol. The predicted octanol–water partition coefficient (Wildman–Crippen LogP) is -0.134. The van der Waals surface area contributed by atoms with Gasteiger partial charge in [-0.05, 0) is 6.42 Å². The molecule has 0 aliphatic carbocycles. The van der Waals surface area contributed by atoms with Crippen molar-refractivity contribution in [2.24, 2.45) is 0 Å². The average molecular weight is 145 g/mol. The number of nitrogens with one attached hydrogen (secondary N) is 1. The van der Waals surface area contributed by atoms with E-state index in [4.69, 9.17) is 9.84 Å². The zero-order valence-electron chi connectivity index (χ0n) is 5.83. The van der Waals surface area contributed by atoms with Gasteiger partial charge in [0.15, 0.2) is 0 Å². The summed E-state index contributed by atoms with van der Waals surface area (Å²) in [5.41, 5.74) is 0. The van der Waals surface area contributed by atoms with Crippen LogP contribution in [0.3, 0.4) is 0 Å². The van der Waals surface area contributed by atoms with E-state index in [0.717, 1.165) is 6.42 Å². The highest BCUT2D eigenvalue weighted by atomic mass is 16.6. The summed E-state index contributed by atoms with van der Waals surface area (Å²) >= 11 is 0. The van der Waals surface area contributed by atoms with Crippen molar-refractivity contribution in [1.82, 2.24) is 5.32 Å². The highest BCUT2D eigenvalue weighted by Crippen LogP contribution is 2.10. The Labute approximate surface area is 59.2 Å². The van der Waals surface area contributed by atoms with Crippen LogP contribution in [-0.4, -0.2) is 30.0 Å². The Morgan fingerprint density at radius 2 is 2.50 bits per heavy atom. The van der Waals surface area contributed by atoms with Gasteiger partial charge in [-0.1, -0.05) is 6.92 Å². The van der Waals surface area contributed by atoms with Crippen LogP contribution in [0.4, 0.5) is 4.79 Å². The van der Waals surface area contributed by atoms with Gasteiger partial charge in [0.05, 0.1) is 12.6 Å². The molecule has 0 aromatic rings. The van der Waals surface area contributed by atoms with Crippen LogP contribution >= 0.6 is 0 Å². The van der Waals surface area contributed by atoms with Gasteiger partial charge >= 0.3 is 6.09 Å². The van der Waals surface area contributed by atoms with Gasteiger partial charge in [0.25, 0.3) is 0 Å². The molecule has 2 atom stereocenters. The minimum atomic E-state index is -0.425. The van der Waals surface area contributed by atoms with Crippen LogP contribution in [-0.2, 0) is 4.74 Å². The number of rotatable bonds is 2. The maximum atomic E-state index is 10.5. The molecule has 1 saturated heterocycles. The number of alkyl carbamates (subject to hydrolysis) is 1. The summed E-state index contributed by atoms with van der Waals surface area (Å²) in [5, 5.41) is 11.2. The first-order chi connectivity index (χ1) is 4.77. The number of amides is 1. The SMILES string of the molecule is CCC1OC(=O)NC1CO. The summed E-state index contributed by atoms with van der Waals surface area (Å²) in [6.07, 6.45) is 0.160. The Kier molecular flexibility index (Phi) is 2.11. The van der Waals surface area contributed by atoms with E-state index < -0.39 is 6.09 Å². The quantitative estimate of drug-likeness (QED) is 0.568. The maximum Gasteiger partial charge on any atom is 0.407 e. The fourth-order valence-electron chi connectivity index (χ4n) is 1.03. The number of cyclic esters (lactones) is 1. The smallest absolute Gasteiger partial charge is 0.407 e. The summed E-state index contributed by atoms with van der Waals surface area (Å²) in [4.78, 5) is 10.5. The van der Waals surface area contributed by atoms with E-state index in [2.05, 4.69) is 5.32 Å². The molecule has 0 bridgehead atoms. The van der Waals surface area contributed by atoms with E-state index in [1.54, 1.807) is 0 Å². The molecule has 1 heterocycles. The lowest BCUT2D eigenvalue weighted by molar-refractivity contribution is 0.116. The normalized spacial score (nSPS) is 31.6. The Bertz CT molecular complexity index is 123. The second-order valence-electron chi connectivity index (χ2n) is 2.29. The molecule has 0 aromatic heterocycles. The Morgan fingerprint density at radius 3 is 2.90 bits per heavy atom. The monoisotopic (exact) mass is 145 g/mol. The molecule has 0 spiro atoms. The third-order valence-electron chi connectivity index (χ3n) is 1.61. The fraction of sp³-hybridized carbons (Fsp3) is 0.833. The predicted molar refractivity (Wildman–Crippen MR) is 34.6 cm³/mol. The van der Waals surface area contributed by atoms with Crippen molar-refractivity contribution in [3.63, 3.8) is 0 Å². The topological polar surface area (TPSA) is 58.6 Å². The molecule has 1 rings (SSSR count). The highest BCUT2D eigenvalue weighted by Gasteiger charge is 2.31. The zero-order chi connectivity index (χ0) is 7.56. The number of aliphatic hydroxyl groups excluding tert-OH is 1. The van der Waals surface area contributed by atoms with E-state index in [9.17, 15) is 4.79 Å². The summed E-state index contributed by atoms with van der Waals surface area (Å²) in [5.74, 6) is 0. The molecular formula is C6H11NO3. The third-order valence-corrected chi connectivity index (χ3v) is 1.61. The lowest BCUT2D eigenvalue weighted by Crippen LogP contribution is -2.34. The first-order valence-corrected chi connectivity index (χ1v) is 3.36. The maximum absolute atomic E-state index is 10.5. The van der Waals surface area contributed by atoms with Crippen molar-refractivity contribution in [1.29, 1.82) is 0 Å². The number of ether oxygens (including phenoxy) is 1. The van der Waals surface area contributed by atoms with Crippen LogP contribution in [0.2, 0.25) is 0 Å². The lowest BCUT2D eigenvalue weighted by Gasteiger charge is -2.10. The minimum absolute atomic E-state index is 0.0513. The van der Waals surface area contributed by atoms with Gasteiger partial charge in [-0.15, -0.1) is 0 Å². The Hall–Kier alpha value is -0.770. The van der Waals surface area contributed by atoms with Crippen LogP contribution in [0.15, 0.2) is 0 Å². The molecule has 4 heteroatoms. The Balaban J connectivity index is 2.48. The molecule has 1 amide bonds. The number of carbonyl (C=O) groups is 1. The van der Waals surface area contributed by atoms with Gasteiger partial charge < -0.3 is 15.2 Å². The number of carbonyl (C=O) groups excluding carboxylic acids is 1. The van der Waals surface area contributed by atoms with Gasteiger partial charge in [-0.3, -0.25) is 0 Å². The number of hydrogen-bond acceptors (Lipinski definition) is 3. The number of aliphatic hydroxyl groups is 1. The van der Waals surface area contributed by atoms with E-state index in [-0.39, 0.29) is 18.8 Å². The van der Waals surface area contributed by atoms with Crippen LogP contribution in [0, 0.1) is 0 Å². The first-order valence-electron chi connectivity index (χ1n) is 3.36. The van der Waals surface area contributed by atoms with E-state index in [1.165, 1.54) is 0 Å². The fourth-order valence-corrected chi connectivity index (χ4v) is 1.03. The summed E-state index contributed by atoms with van der Waals surface area (Å²) in [7, 11) is 0. The molecule has 0 aromatic carbocycles.